The molecule has 0 radical (unpaired) electrons. The highest BCUT2D eigenvalue weighted by Gasteiger charge is 2.31. The Morgan fingerprint density at radius 2 is 1.55 bits per heavy atom. The highest BCUT2D eigenvalue weighted by molar-refractivity contribution is 6.11. The number of carbonyl (C=O) groups is 1. The highest BCUT2D eigenvalue weighted by Crippen LogP contribution is 2.35. The van der Waals surface area contributed by atoms with Crippen LogP contribution in [0.5, 0.6) is 0 Å². The van der Waals surface area contributed by atoms with Gasteiger partial charge in [0.05, 0.1) is 0 Å². The van der Waals surface area contributed by atoms with E-state index in [0.717, 1.165) is 16.7 Å². The molecule has 0 saturated heterocycles. The van der Waals surface area contributed by atoms with E-state index in [4.69, 9.17) is 0 Å². The summed E-state index contributed by atoms with van der Waals surface area (Å²) in [5.41, 5.74) is 3.98. The molecule has 1 aliphatic carbocycles. The molecule has 0 N–H and O–H groups in total. The molecule has 1 heteroatoms. The molecule has 0 aliphatic heterocycles. The topological polar surface area (TPSA) is 17.1 Å². The number of rotatable bonds is 2. The van der Waals surface area contributed by atoms with Gasteiger partial charge in [0.1, 0.15) is 0 Å². The van der Waals surface area contributed by atoms with Gasteiger partial charge in [-0.15, -0.1) is 0 Å². The first-order valence-electron chi connectivity index (χ1n) is 6.98. The Bertz CT molecular complexity index is 678. The molecule has 0 amide bonds. The van der Waals surface area contributed by atoms with Crippen LogP contribution in [0.25, 0.3) is 0 Å². The van der Waals surface area contributed by atoms with Crippen molar-refractivity contribution in [1.29, 1.82) is 0 Å². The van der Waals surface area contributed by atoms with Gasteiger partial charge in [-0.1, -0.05) is 74.5 Å². The molecule has 0 saturated carbocycles. The number of hydrogen-bond donors (Lipinski definition) is 0. The summed E-state index contributed by atoms with van der Waals surface area (Å²) < 4.78 is 0. The van der Waals surface area contributed by atoms with Crippen molar-refractivity contribution >= 4 is 5.78 Å². The second-order valence-corrected chi connectivity index (χ2v) is 5.93. The largest absolute Gasteiger partial charge is 0.289 e. The van der Waals surface area contributed by atoms with Crippen molar-refractivity contribution in [2.75, 3.05) is 0 Å². The van der Waals surface area contributed by atoms with Gasteiger partial charge >= 0.3 is 0 Å². The Labute approximate surface area is 120 Å². The maximum absolute atomic E-state index is 12.6. The molecule has 0 heterocycles. The van der Waals surface area contributed by atoms with Crippen molar-refractivity contribution in [3.05, 3.63) is 82.9 Å². The van der Waals surface area contributed by atoms with Gasteiger partial charge in [-0.2, -0.15) is 0 Å². The van der Waals surface area contributed by atoms with Gasteiger partial charge in [0.2, 0.25) is 0 Å². The lowest BCUT2D eigenvalue weighted by atomic mass is 9.73. The van der Waals surface area contributed by atoms with Crippen LogP contribution in [-0.2, 0) is 11.8 Å². The number of allylic oxidation sites excluding steroid dienone is 2. The molecule has 3 rings (SSSR count). The number of ketones is 1. The van der Waals surface area contributed by atoms with Gasteiger partial charge in [-0.3, -0.25) is 4.79 Å². The molecule has 2 aromatic carbocycles. The molecule has 0 aromatic heterocycles. The lowest BCUT2D eigenvalue weighted by molar-refractivity contribution is 0.102. The van der Waals surface area contributed by atoms with E-state index in [-0.39, 0.29) is 11.2 Å². The first-order valence-corrected chi connectivity index (χ1v) is 6.98. The number of fused-ring (bicyclic) bond motifs is 1. The first-order chi connectivity index (χ1) is 9.58. The summed E-state index contributed by atoms with van der Waals surface area (Å²) in [6.45, 7) is 4.34. The van der Waals surface area contributed by atoms with E-state index in [1.165, 1.54) is 5.56 Å². The maximum Gasteiger partial charge on any atom is 0.189 e. The molecule has 0 spiro atoms. The number of hydrogen-bond acceptors (Lipinski definition) is 1. The summed E-state index contributed by atoms with van der Waals surface area (Å²) in [5, 5.41) is 0. The second kappa shape index (κ2) is 4.75. The van der Waals surface area contributed by atoms with E-state index >= 15 is 0 Å². The van der Waals surface area contributed by atoms with Gasteiger partial charge in [-0.25, -0.2) is 0 Å². The Hall–Kier alpha value is -2.15. The minimum atomic E-state index is -0.0887. The molecular weight excluding hydrogens is 244 g/mol. The van der Waals surface area contributed by atoms with Crippen LogP contribution in [0.3, 0.4) is 0 Å². The van der Waals surface area contributed by atoms with Crippen LogP contribution in [-0.4, -0.2) is 5.78 Å². The van der Waals surface area contributed by atoms with Crippen molar-refractivity contribution in [1.82, 2.24) is 0 Å². The molecular formula is C19H18O. The predicted octanol–water partition coefficient (Wildman–Crippen LogP) is 4.33. The summed E-state index contributed by atoms with van der Waals surface area (Å²) in [5.74, 6) is 0.170. The molecule has 0 bridgehead atoms. The zero-order valence-corrected chi connectivity index (χ0v) is 11.9. The number of Topliss-reactive ketones (excluding diaryl/α,β-unsaturated/α-hetero) is 1. The summed E-state index contributed by atoms with van der Waals surface area (Å²) in [6.07, 6.45) is 2.84. The Balaban J connectivity index is 2.02. The second-order valence-electron chi connectivity index (χ2n) is 5.93. The van der Waals surface area contributed by atoms with E-state index < -0.39 is 0 Å². The standard InChI is InChI=1S/C19H18O/c1-19(2)13-15(12-14-8-4-3-5-9-14)18(20)16-10-6-7-11-17(16)19/h3-11,13H,12H2,1-2H3. The van der Waals surface area contributed by atoms with Gasteiger partial charge in [0, 0.05) is 23.0 Å². The molecule has 1 aliphatic rings. The Morgan fingerprint density at radius 1 is 0.900 bits per heavy atom. The minimum Gasteiger partial charge on any atom is -0.289 e. The smallest absolute Gasteiger partial charge is 0.189 e. The third-order valence-electron chi connectivity index (χ3n) is 3.93. The van der Waals surface area contributed by atoms with Crippen LogP contribution < -0.4 is 0 Å². The highest BCUT2D eigenvalue weighted by atomic mass is 16.1. The van der Waals surface area contributed by atoms with Crippen LogP contribution in [0.15, 0.2) is 66.2 Å². The first kappa shape index (κ1) is 12.9. The van der Waals surface area contributed by atoms with Gasteiger partial charge in [0.25, 0.3) is 0 Å². The SMILES string of the molecule is CC1(C)C=C(Cc2ccccc2)C(=O)c2ccccc21. The molecule has 0 fully saturated rings. The molecule has 20 heavy (non-hydrogen) atoms. The molecule has 2 aromatic rings. The maximum atomic E-state index is 12.6. The van der Waals surface area contributed by atoms with E-state index in [1.807, 2.05) is 36.4 Å². The summed E-state index contributed by atoms with van der Waals surface area (Å²) in [7, 11) is 0. The molecule has 0 unspecified atom stereocenters. The van der Waals surface area contributed by atoms with Crippen LogP contribution >= 0.6 is 0 Å². The van der Waals surface area contributed by atoms with Crippen molar-refractivity contribution in [3.8, 4) is 0 Å². The monoisotopic (exact) mass is 262 g/mol. The van der Waals surface area contributed by atoms with Crippen LogP contribution in [0.2, 0.25) is 0 Å². The van der Waals surface area contributed by atoms with E-state index in [1.54, 1.807) is 0 Å². The van der Waals surface area contributed by atoms with Gasteiger partial charge in [0.15, 0.2) is 5.78 Å². The third-order valence-corrected chi connectivity index (χ3v) is 3.93. The normalized spacial score (nSPS) is 16.5. The fraction of sp³-hybridized carbons (Fsp3) is 0.211. The minimum absolute atomic E-state index is 0.0887. The van der Waals surface area contributed by atoms with E-state index in [9.17, 15) is 4.79 Å². The van der Waals surface area contributed by atoms with Crippen molar-refractivity contribution in [3.63, 3.8) is 0 Å². The quantitative estimate of drug-likeness (QED) is 0.787. The summed E-state index contributed by atoms with van der Waals surface area (Å²) in [4.78, 5) is 12.6. The lowest BCUT2D eigenvalue weighted by Crippen LogP contribution is -2.26. The van der Waals surface area contributed by atoms with Gasteiger partial charge < -0.3 is 0 Å². The fourth-order valence-corrected chi connectivity index (χ4v) is 2.94. The zero-order valence-electron chi connectivity index (χ0n) is 11.9. The zero-order chi connectivity index (χ0) is 14.2. The average Bonchev–Trinajstić information content (AvgIpc) is 2.46. The Kier molecular flexibility index (Phi) is 3.06. The van der Waals surface area contributed by atoms with Gasteiger partial charge in [-0.05, 0) is 11.1 Å². The number of carbonyl (C=O) groups excluding carboxylic acids is 1. The van der Waals surface area contributed by atoms with E-state index in [2.05, 4.69) is 38.1 Å². The van der Waals surface area contributed by atoms with Crippen molar-refractivity contribution in [2.24, 2.45) is 0 Å². The third kappa shape index (κ3) is 2.20. The number of benzene rings is 2. The molecule has 0 atom stereocenters. The Morgan fingerprint density at radius 3 is 2.30 bits per heavy atom. The molecule has 1 nitrogen and oxygen atoms in total. The predicted molar refractivity (Wildman–Crippen MR) is 82.0 cm³/mol. The van der Waals surface area contributed by atoms with Crippen LogP contribution in [0.1, 0.15) is 35.3 Å². The lowest BCUT2D eigenvalue weighted by Gasteiger charge is -2.30. The summed E-state index contributed by atoms with van der Waals surface area (Å²) in [6, 6.07) is 18.1. The fourth-order valence-electron chi connectivity index (χ4n) is 2.94. The van der Waals surface area contributed by atoms with Crippen LogP contribution in [0.4, 0.5) is 0 Å². The van der Waals surface area contributed by atoms with Crippen molar-refractivity contribution in [2.45, 2.75) is 25.7 Å². The van der Waals surface area contributed by atoms with Crippen molar-refractivity contribution < 1.29 is 4.79 Å². The average molecular weight is 262 g/mol. The summed E-state index contributed by atoms with van der Waals surface area (Å²) >= 11 is 0. The molecule has 100 valence electrons. The van der Waals surface area contributed by atoms with E-state index in [0.29, 0.717) is 6.42 Å². The van der Waals surface area contributed by atoms with Crippen LogP contribution in [0, 0.1) is 0 Å².